The molecule has 6 heteroatoms. The van der Waals surface area contributed by atoms with Gasteiger partial charge in [-0.2, -0.15) is 0 Å². The van der Waals surface area contributed by atoms with Crippen LogP contribution in [0.25, 0.3) is 0 Å². The Morgan fingerprint density at radius 1 is 1.30 bits per heavy atom. The summed E-state index contributed by atoms with van der Waals surface area (Å²) in [4.78, 5) is 11.5. The van der Waals surface area contributed by atoms with Crippen molar-refractivity contribution in [3.63, 3.8) is 0 Å². The lowest BCUT2D eigenvalue weighted by atomic mass is 10.2. The maximum absolute atomic E-state index is 13.5. The lowest BCUT2D eigenvalue weighted by molar-refractivity contribution is 0.155. The first-order valence-corrected chi connectivity index (χ1v) is 6.10. The van der Waals surface area contributed by atoms with Crippen LogP contribution in [0.15, 0.2) is 42.5 Å². The Kier molecular flexibility index (Phi) is 4.42. The first-order valence-electron chi connectivity index (χ1n) is 5.72. The summed E-state index contributed by atoms with van der Waals surface area (Å²) in [5, 5.41) is 11.4. The summed E-state index contributed by atoms with van der Waals surface area (Å²) in [6, 6.07) is 11.0. The monoisotopic (exact) mass is 295 g/mol. The molecule has 0 saturated carbocycles. The quantitative estimate of drug-likeness (QED) is 0.902. The SMILES string of the molecule is O=C(Nc1cc(O)c(Cl)cc1F)OCc1ccccc1. The fraction of sp³-hybridized carbons (Fsp3) is 0.0714. The molecule has 0 unspecified atom stereocenters. The minimum absolute atomic E-state index is 0.0634. The number of halogens is 2. The van der Waals surface area contributed by atoms with E-state index in [4.69, 9.17) is 16.3 Å². The third-order valence-corrected chi connectivity index (χ3v) is 2.79. The van der Waals surface area contributed by atoms with E-state index in [2.05, 4.69) is 5.32 Å². The van der Waals surface area contributed by atoms with Crippen molar-refractivity contribution in [2.45, 2.75) is 6.61 Å². The number of hydrogen-bond donors (Lipinski definition) is 2. The van der Waals surface area contributed by atoms with Gasteiger partial charge < -0.3 is 9.84 Å². The first-order chi connectivity index (χ1) is 9.56. The van der Waals surface area contributed by atoms with Gasteiger partial charge in [0.15, 0.2) is 0 Å². The number of rotatable bonds is 3. The van der Waals surface area contributed by atoms with Gasteiger partial charge in [-0.1, -0.05) is 41.9 Å². The van der Waals surface area contributed by atoms with Gasteiger partial charge in [0.2, 0.25) is 0 Å². The van der Waals surface area contributed by atoms with Gasteiger partial charge in [-0.05, 0) is 11.6 Å². The fourth-order valence-corrected chi connectivity index (χ4v) is 1.65. The van der Waals surface area contributed by atoms with E-state index in [0.717, 1.165) is 17.7 Å². The molecule has 2 rings (SSSR count). The Hall–Kier alpha value is -2.27. The van der Waals surface area contributed by atoms with Crippen molar-refractivity contribution in [1.29, 1.82) is 0 Å². The van der Waals surface area contributed by atoms with Crippen LogP contribution in [-0.4, -0.2) is 11.2 Å². The third-order valence-electron chi connectivity index (χ3n) is 2.49. The van der Waals surface area contributed by atoms with Gasteiger partial charge in [0.1, 0.15) is 18.2 Å². The van der Waals surface area contributed by atoms with E-state index in [1.807, 2.05) is 18.2 Å². The molecule has 20 heavy (non-hydrogen) atoms. The van der Waals surface area contributed by atoms with E-state index in [0.29, 0.717) is 0 Å². The van der Waals surface area contributed by atoms with E-state index in [1.165, 1.54) is 0 Å². The molecule has 104 valence electrons. The second-order valence-electron chi connectivity index (χ2n) is 3.97. The van der Waals surface area contributed by atoms with E-state index in [-0.39, 0.29) is 23.1 Å². The molecule has 0 aromatic heterocycles. The second kappa shape index (κ2) is 6.25. The number of hydrogen-bond acceptors (Lipinski definition) is 3. The summed E-state index contributed by atoms with van der Waals surface area (Å²) in [5.74, 6) is -1.09. The summed E-state index contributed by atoms with van der Waals surface area (Å²) in [7, 11) is 0. The standard InChI is InChI=1S/C14H11ClFNO3/c15-10-6-11(16)12(7-13(10)18)17-14(19)20-8-9-4-2-1-3-5-9/h1-7,18H,8H2,(H,17,19). The van der Waals surface area contributed by atoms with Gasteiger partial charge in [0.05, 0.1) is 10.7 Å². The molecule has 1 amide bonds. The zero-order valence-corrected chi connectivity index (χ0v) is 11.0. The number of anilines is 1. The number of phenols is 1. The van der Waals surface area contributed by atoms with Gasteiger partial charge >= 0.3 is 6.09 Å². The molecule has 0 aliphatic heterocycles. The molecule has 0 aliphatic rings. The summed E-state index contributed by atoms with van der Waals surface area (Å²) < 4.78 is 18.4. The zero-order valence-electron chi connectivity index (χ0n) is 10.3. The molecule has 0 fully saturated rings. The predicted molar refractivity (Wildman–Crippen MR) is 73.3 cm³/mol. The Morgan fingerprint density at radius 2 is 2.00 bits per heavy atom. The van der Waals surface area contributed by atoms with Crippen molar-refractivity contribution in [2.75, 3.05) is 5.32 Å². The number of carbonyl (C=O) groups is 1. The Labute approximate surface area is 119 Å². The van der Waals surface area contributed by atoms with Crippen LogP contribution in [-0.2, 0) is 11.3 Å². The molecule has 0 aliphatic carbocycles. The molecule has 2 N–H and O–H groups in total. The Morgan fingerprint density at radius 3 is 2.70 bits per heavy atom. The van der Waals surface area contributed by atoms with Crippen LogP contribution < -0.4 is 5.32 Å². The average molecular weight is 296 g/mol. The molecule has 0 heterocycles. The fourth-order valence-electron chi connectivity index (χ4n) is 1.50. The van der Waals surface area contributed by atoms with Crippen molar-refractivity contribution < 1.29 is 19.0 Å². The van der Waals surface area contributed by atoms with Crippen molar-refractivity contribution in [1.82, 2.24) is 0 Å². The number of aromatic hydroxyl groups is 1. The molecular formula is C14H11ClFNO3. The summed E-state index contributed by atoms with van der Waals surface area (Å²) >= 11 is 5.53. The number of benzene rings is 2. The zero-order chi connectivity index (χ0) is 14.5. The summed E-state index contributed by atoms with van der Waals surface area (Å²) in [5.41, 5.74) is 0.604. The number of nitrogens with one attached hydrogen (secondary N) is 1. The van der Waals surface area contributed by atoms with Crippen LogP contribution in [0.1, 0.15) is 5.56 Å². The summed E-state index contributed by atoms with van der Waals surface area (Å²) in [6.07, 6.45) is -0.825. The van der Waals surface area contributed by atoms with Crippen molar-refractivity contribution in [3.8, 4) is 5.75 Å². The molecule has 0 radical (unpaired) electrons. The highest BCUT2D eigenvalue weighted by Crippen LogP contribution is 2.29. The number of phenolic OH excluding ortho intramolecular Hbond substituents is 1. The van der Waals surface area contributed by atoms with Crippen LogP contribution in [0.4, 0.5) is 14.9 Å². The average Bonchev–Trinajstić information content (AvgIpc) is 2.44. The van der Waals surface area contributed by atoms with Crippen LogP contribution >= 0.6 is 11.6 Å². The molecule has 4 nitrogen and oxygen atoms in total. The molecule has 2 aromatic carbocycles. The second-order valence-corrected chi connectivity index (χ2v) is 4.38. The minimum atomic E-state index is -0.825. The maximum atomic E-state index is 13.5. The molecule has 0 saturated heterocycles. The van der Waals surface area contributed by atoms with E-state index < -0.39 is 11.9 Å². The van der Waals surface area contributed by atoms with Gasteiger partial charge in [0, 0.05) is 6.07 Å². The molecule has 0 bridgehead atoms. The number of carbonyl (C=O) groups excluding carboxylic acids is 1. The smallest absolute Gasteiger partial charge is 0.412 e. The minimum Gasteiger partial charge on any atom is -0.506 e. The van der Waals surface area contributed by atoms with Crippen molar-refractivity contribution in [2.24, 2.45) is 0 Å². The van der Waals surface area contributed by atoms with Gasteiger partial charge in [0.25, 0.3) is 0 Å². The third kappa shape index (κ3) is 3.61. The van der Waals surface area contributed by atoms with Crippen molar-refractivity contribution in [3.05, 3.63) is 58.9 Å². The lowest BCUT2D eigenvalue weighted by Gasteiger charge is -2.09. The lowest BCUT2D eigenvalue weighted by Crippen LogP contribution is -2.14. The van der Waals surface area contributed by atoms with E-state index in [9.17, 15) is 14.3 Å². The van der Waals surface area contributed by atoms with Crippen LogP contribution in [0.3, 0.4) is 0 Å². The largest absolute Gasteiger partial charge is 0.506 e. The number of amides is 1. The predicted octanol–water partition coefficient (Wildman–Crippen LogP) is 3.93. The van der Waals surface area contributed by atoms with Crippen LogP contribution in [0.5, 0.6) is 5.75 Å². The van der Waals surface area contributed by atoms with Crippen LogP contribution in [0.2, 0.25) is 5.02 Å². The first kappa shape index (κ1) is 14.1. The Balaban J connectivity index is 1.97. The highest BCUT2D eigenvalue weighted by molar-refractivity contribution is 6.32. The molecule has 0 spiro atoms. The maximum Gasteiger partial charge on any atom is 0.412 e. The highest BCUT2D eigenvalue weighted by atomic mass is 35.5. The van der Waals surface area contributed by atoms with Crippen molar-refractivity contribution >= 4 is 23.4 Å². The topological polar surface area (TPSA) is 58.6 Å². The highest BCUT2D eigenvalue weighted by Gasteiger charge is 2.11. The van der Waals surface area contributed by atoms with E-state index >= 15 is 0 Å². The van der Waals surface area contributed by atoms with E-state index in [1.54, 1.807) is 12.1 Å². The van der Waals surface area contributed by atoms with Gasteiger partial charge in [-0.15, -0.1) is 0 Å². The Bertz CT molecular complexity index is 619. The summed E-state index contributed by atoms with van der Waals surface area (Å²) in [6.45, 7) is 0.0634. The normalized spacial score (nSPS) is 10.1. The number of ether oxygens (including phenoxy) is 1. The molecular weight excluding hydrogens is 285 g/mol. The molecule has 0 atom stereocenters. The van der Waals surface area contributed by atoms with Gasteiger partial charge in [-0.25, -0.2) is 9.18 Å². The van der Waals surface area contributed by atoms with Gasteiger partial charge in [-0.3, -0.25) is 5.32 Å². The molecule has 2 aromatic rings. The van der Waals surface area contributed by atoms with Crippen LogP contribution in [0, 0.1) is 5.82 Å².